The van der Waals surface area contributed by atoms with Crippen LogP contribution < -0.4 is 0 Å². The first-order valence-electron chi connectivity index (χ1n) is 5.53. The molecule has 0 radical (unpaired) electrons. The molecule has 0 aliphatic heterocycles. The van der Waals surface area contributed by atoms with Gasteiger partial charge in [-0.15, -0.1) is 11.3 Å². The van der Waals surface area contributed by atoms with Crippen molar-refractivity contribution < 1.29 is 15.0 Å². The summed E-state index contributed by atoms with van der Waals surface area (Å²) in [5.41, 5.74) is 0.914. The maximum absolute atomic E-state index is 11.5. The Morgan fingerprint density at radius 1 is 1.61 bits per heavy atom. The molecule has 0 aliphatic carbocycles. The van der Waals surface area contributed by atoms with Gasteiger partial charge in [-0.2, -0.15) is 11.8 Å². The van der Waals surface area contributed by atoms with E-state index >= 15 is 0 Å². The third-order valence-electron chi connectivity index (χ3n) is 2.17. The van der Waals surface area contributed by atoms with Crippen LogP contribution in [0, 0.1) is 0 Å². The van der Waals surface area contributed by atoms with E-state index in [-0.39, 0.29) is 12.5 Å². The fraction of sp³-hybridized carbons (Fsp3) is 0.636. The Morgan fingerprint density at radius 2 is 2.33 bits per heavy atom. The summed E-state index contributed by atoms with van der Waals surface area (Å²) in [5, 5.41) is 20.6. The fourth-order valence-electron chi connectivity index (χ4n) is 1.14. The molecule has 0 bridgehead atoms. The summed E-state index contributed by atoms with van der Waals surface area (Å²) < 4.78 is 0. The number of thiazole rings is 1. The second kappa shape index (κ2) is 7.73. The number of carbonyl (C=O) groups excluding carboxylic acids is 1. The number of hydrogen-bond donors (Lipinski definition) is 2. The predicted octanol–water partition coefficient (Wildman–Crippen LogP) is 0.360. The number of aromatic nitrogens is 1. The SMILES string of the molecule is CN(C)C(=O)Cc1nc(CSCC(O)CO)cs1. The summed E-state index contributed by atoms with van der Waals surface area (Å²) in [6.45, 7) is -0.216. The Balaban J connectivity index is 2.37. The monoisotopic (exact) mass is 290 g/mol. The molecule has 2 N–H and O–H groups in total. The van der Waals surface area contributed by atoms with Gasteiger partial charge in [0.25, 0.3) is 0 Å². The van der Waals surface area contributed by atoms with Crippen molar-refractivity contribution in [3.8, 4) is 0 Å². The van der Waals surface area contributed by atoms with E-state index in [9.17, 15) is 9.90 Å². The van der Waals surface area contributed by atoms with Crippen LogP contribution in [0.5, 0.6) is 0 Å². The standard InChI is InChI=1S/C11H18N2O3S2/c1-13(2)11(16)3-10-12-8(6-18-10)5-17-7-9(15)4-14/h6,9,14-15H,3-5,7H2,1-2H3. The Bertz CT molecular complexity index is 382. The van der Waals surface area contributed by atoms with Gasteiger partial charge in [0.2, 0.25) is 5.91 Å². The Kier molecular flexibility index (Phi) is 6.62. The zero-order valence-electron chi connectivity index (χ0n) is 10.5. The van der Waals surface area contributed by atoms with Crippen molar-refractivity contribution in [3.63, 3.8) is 0 Å². The number of aliphatic hydroxyl groups excluding tert-OH is 2. The predicted molar refractivity (Wildman–Crippen MR) is 73.8 cm³/mol. The van der Waals surface area contributed by atoms with Crippen LogP contribution in [-0.2, 0) is 17.0 Å². The first-order valence-corrected chi connectivity index (χ1v) is 7.56. The molecule has 1 atom stereocenters. The van der Waals surface area contributed by atoms with Crippen molar-refractivity contribution in [1.82, 2.24) is 9.88 Å². The number of nitrogens with zero attached hydrogens (tertiary/aromatic N) is 2. The Hall–Kier alpha value is -0.630. The second-order valence-corrected chi connectivity index (χ2v) is 6.02. The van der Waals surface area contributed by atoms with E-state index in [1.165, 1.54) is 23.1 Å². The lowest BCUT2D eigenvalue weighted by atomic mass is 10.4. The first-order chi connectivity index (χ1) is 8.52. The van der Waals surface area contributed by atoms with Crippen LogP contribution in [-0.4, -0.2) is 58.6 Å². The average Bonchev–Trinajstić information content (AvgIpc) is 2.76. The van der Waals surface area contributed by atoms with Gasteiger partial charge in [0.15, 0.2) is 0 Å². The molecule has 1 unspecified atom stereocenters. The van der Waals surface area contributed by atoms with E-state index in [1.54, 1.807) is 19.0 Å². The highest BCUT2D eigenvalue weighted by atomic mass is 32.2. The molecule has 1 amide bonds. The van der Waals surface area contributed by atoms with E-state index in [0.717, 1.165) is 10.7 Å². The van der Waals surface area contributed by atoms with E-state index in [4.69, 9.17) is 5.11 Å². The lowest BCUT2D eigenvalue weighted by Gasteiger charge is -2.07. The average molecular weight is 290 g/mol. The van der Waals surface area contributed by atoms with Crippen LogP contribution in [0.25, 0.3) is 0 Å². The number of thioether (sulfide) groups is 1. The van der Waals surface area contributed by atoms with Crippen molar-refractivity contribution in [2.24, 2.45) is 0 Å². The molecule has 0 spiro atoms. The van der Waals surface area contributed by atoms with Crippen LogP contribution >= 0.6 is 23.1 Å². The Labute approximate surface area is 115 Å². The largest absolute Gasteiger partial charge is 0.394 e. The van der Waals surface area contributed by atoms with Gasteiger partial charge in [0, 0.05) is 31.0 Å². The maximum atomic E-state index is 11.5. The first kappa shape index (κ1) is 15.4. The summed E-state index contributed by atoms with van der Waals surface area (Å²) in [4.78, 5) is 17.4. The van der Waals surface area contributed by atoms with Crippen molar-refractivity contribution >= 4 is 29.0 Å². The zero-order chi connectivity index (χ0) is 13.5. The summed E-state index contributed by atoms with van der Waals surface area (Å²) in [6, 6.07) is 0. The van der Waals surface area contributed by atoms with Gasteiger partial charge in [-0.3, -0.25) is 4.79 Å². The van der Waals surface area contributed by atoms with Crippen LogP contribution in [0.3, 0.4) is 0 Å². The summed E-state index contributed by atoms with van der Waals surface area (Å²) in [6.07, 6.45) is -0.342. The van der Waals surface area contributed by atoms with Gasteiger partial charge in [0.05, 0.1) is 24.8 Å². The summed E-state index contributed by atoms with van der Waals surface area (Å²) >= 11 is 2.99. The summed E-state index contributed by atoms with van der Waals surface area (Å²) in [7, 11) is 3.45. The molecule has 0 fully saturated rings. The third-order valence-corrected chi connectivity index (χ3v) is 4.19. The minimum absolute atomic E-state index is 0.0410. The van der Waals surface area contributed by atoms with Crippen LogP contribution in [0.2, 0.25) is 0 Å². The molecule has 1 rings (SSSR count). The highest BCUT2D eigenvalue weighted by Crippen LogP contribution is 2.17. The molecule has 102 valence electrons. The highest BCUT2D eigenvalue weighted by molar-refractivity contribution is 7.98. The molecule has 1 aromatic heterocycles. The minimum atomic E-state index is -0.677. The van der Waals surface area contributed by atoms with E-state index in [1.807, 2.05) is 5.38 Å². The molecule has 18 heavy (non-hydrogen) atoms. The topological polar surface area (TPSA) is 73.7 Å². The smallest absolute Gasteiger partial charge is 0.228 e. The molecule has 0 saturated carbocycles. The molecular formula is C11H18N2O3S2. The highest BCUT2D eigenvalue weighted by Gasteiger charge is 2.10. The van der Waals surface area contributed by atoms with Crippen molar-refractivity contribution in [3.05, 3.63) is 16.1 Å². The molecular weight excluding hydrogens is 272 g/mol. The number of aliphatic hydroxyl groups is 2. The molecule has 0 aromatic carbocycles. The zero-order valence-corrected chi connectivity index (χ0v) is 12.1. The molecule has 5 nitrogen and oxygen atoms in total. The molecule has 0 saturated heterocycles. The van der Waals surface area contributed by atoms with Crippen LogP contribution in [0.4, 0.5) is 0 Å². The maximum Gasteiger partial charge on any atom is 0.228 e. The van der Waals surface area contributed by atoms with Gasteiger partial charge < -0.3 is 15.1 Å². The number of hydrogen-bond acceptors (Lipinski definition) is 6. The van der Waals surface area contributed by atoms with Gasteiger partial charge in [0.1, 0.15) is 5.01 Å². The third kappa shape index (κ3) is 5.34. The van der Waals surface area contributed by atoms with E-state index in [0.29, 0.717) is 17.9 Å². The number of carbonyl (C=O) groups is 1. The molecule has 1 aromatic rings. The number of rotatable bonds is 7. The van der Waals surface area contributed by atoms with E-state index in [2.05, 4.69) is 4.98 Å². The number of likely N-dealkylation sites (N-methyl/N-ethyl adjacent to an activating group) is 1. The van der Waals surface area contributed by atoms with Gasteiger partial charge in [-0.05, 0) is 0 Å². The second-order valence-electron chi connectivity index (χ2n) is 4.05. The summed E-state index contributed by atoms with van der Waals surface area (Å²) in [5.74, 6) is 1.21. The lowest BCUT2D eigenvalue weighted by molar-refractivity contribution is -0.127. The molecule has 1 heterocycles. The normalized spacial score (nSPS) is 12.4. The lowest BCUT2D eigenvalue weighted by Crippen LogP contribution is -2.23. The fourth-order valence-corrected chi connectivity index (χ4v) is 2.88. The Morgan fingerprint density at radius 3 is 2.94 bits per heavy atom. The van der Waals surface area contributed by atoms with Crippen LogP contribution in [0.15, 0.2) is 5.38 Å². The van der Waals surface area contributed by atoms with Gasteiger partial charge >= 0.3 is 0 Å². The van der Waals surface area contributed by atoms with Crippen molar-refractivity contribution in [2.75, 3.05) is 26.5 Å². The van der Waals surface area contributed by atoms with Crippen LogP contribution in [0.1, 0.15) is 10.7 Å². The van der Waals surface area contributed by atoms with Crippen molar-refractivity contribution in [2.45, 2.75) is 18.3 Å². The van der Waals surface area contributed by atoms with E-state index < -0.39 is 6.10 Å². The molecule has 0 aliphatic rings. The number of amides is 1. The van der Waals surface area contributed by atoms with Crippen molar-refractivity contribution in [1.29, 1.82) is 0 Å². The quantitative estimate of drug-likeness (QED) is 0.758. The molecule has 7 heteroatoms. The van der Waals surface area contributed by atoms with Gasteiger partial charge in [-0.1, -0.05) is 0 Å². The minimum Gasteiger partial charge on any atom is -0.394 e. The van der Waals surface area contributed by atoms with Gasteiger partial charge in [-0.25, -0.2) is 4.98 Å².